The summed E-state index contributed by atoms with van der Waals surface area (Å²) in [6, 6.07) is 0. The van der Waals surface area contributed by atoms with Crippen LogP contribution in [0.2, 0.25) is 0 Å². The smallest absolute Gasteiger partial charge is 0.315 e. The number of esters is 1. The minimum Gasteiger partial charge on any atom is -0.432 e. The van der Waals surface area contributed by atoms with Gasteiger partial charge in [-0.2, -0.15) is 0 Å². The van der Waals surface area contributed by atoms with Crippen LogP contribution in [0.1, 0.15) is 126 Å². The molecule has 4 heterocycles. The van der Waals surface area contributed by atoms with Crippen LogP contribution in [0.15, 0.2) is 11.1 Å². The van der Waals surface area contributed by atoms with Crippen molar-refractivity contribution < 1.29 is 104 Å². The highest BCUT2D eigenvalue weighted by atomic mass is 16.8. The molecule has 3 saturated carbocycles. The molecule has 21 nitrogen and oxygen atoms in total. The molecular weight excluding hydrogens is 973 g/mol. The molecule has 0 aromatic rings. The molecule has 0 radical (unpaired) electrons. The summed E-state index contributed by atoms with van der Waals surface area (Å²) in [6.45, 7) is 15.7. The topological polar surface area (TPSA) is 334 Å². The normalized spacial score (nSPS) is 53.2. The molecule has 0 spiro atoms. The van der Waals surface area contributed by atoms with Crippen molar-refractivity contribution in [3.63, 3.8) is 0 Å². The maximum atomic E-state index is 14.9. The summed E-state index contributed by atoms with van der Waals surface area (Å²) in [5.74, 6) is -0.144. The van der Waals surface area contributed by atoms with E-state index in [9.17, 15) is 66.1 Å². The van der Waals surface area contributed by atoms with Crippen LogP contribution in [0.3, 0.4) is 0 Å². The van der Waals surface area contributed by atoms with Crippen LogP contribution < -0.4 is 0 Å². The second kappa shape index (κ2) is 20.8. The molecule has 21 heteroatoms. The summed E-state index contributed by atoms with van der Waals surface area (Å²) in [7, 11) is 0. The Labute approximate surface area is 433 Å². The van der Waals surface area contributed by atoms with E-state index < -0.39 is 147 Å². The fourth-order valence-electron chi connectivity index (χ4n) is 16.0. The number of hydrogen-bond acceptors (Lipinski definition) is 21. The fourth-order valence-corrected chi connectivity index (χ4v) is 16.0. The van der Waals surface area contributed by atoms with Crippen LogP contribution in [0, 0.1) is 44.8 Å². The van der Waals surface area contributed by atoms with Crippen LogP contribution in [-0.4, -0.2) is 209 Å². The lowest BCUT2D eigenvalue weighted by Crippen LogP contribution is -2.64. The summed E-state index contributed by atoms with van der Waals surface area (Å²) in [6.07, 6.45) is -21.1. The molecule has 4 saturated heterocycles. The minimum atomic E-state index is -1.81. The van der Waals surface area contributed by atoms with Crippen molar-refractivity contribution in [1.29, 1.82) is 0 Å². The molecule has 12 N–H and O–H groups in total. The molecule has 9 rings (SSSR count). The monoisotopic (exact) mass is 1060 g/mol. The Morgan fingerprint density at radius 1 is 0.568 bits per heavy atom. The van der Waals surface area contributed by atoms with E-state index in [4.69, 9.17) is 37.9 Å². The average molecular weight is 1060 g/mol. The summed E-state index contributed by atoms with van der Waals surface area (Å²) in [5.41, 5.74) is 1.09. The third-order valence-electron chi connectivity index (χ3n) is 20.4. The molecule has 27 atom stereocenters. The number of rotatable bonds is 10. The Hall–Kier alpha value is -1.55. The number of allylic oxidation sites excluding steroid dienone is 2. The van der Waals surface area contributed by atoms with Gasteiger partial charge < -0.3 is 99.2 Å². The first-order valence-electron chi connectivity index (χ1n) is 27.2. The van der Waals surface area contributed by atoms with Crippen molar-refractivity contribution in [1.82, 2.24) is 0 Å². The number of ether oxygens (including phenoxy) is 8. The summed E-state index contributed by atoms with van der Waals surface area (Å²) in [4.78, 5) is 14.9. The number of carbonyl (C=O) groups is 1. The molecular formula is C53H86O21. The largest absolute Gasteiger partial charge is 0.432 e. The predicted molar refractivity (Wildman–Crippen MR) is 255 cm³/mol. The molecule has 0 aromatic carbocycles. The Morgan fingerprint density at radius 2 is 1.16 bits per heavy atom. The van der Waals surface area contributed by atoms with E-state index >= 15 is 0 Å². The quantitative estimate of drug-likeness (QED) is 0.0764. The first-order chi connectivity index (χ1) is 34.6. The summed E-state index contributed by atoms with van der Waals surface area (Å²) in [5, 5.41) is 128. The molecule has 0 unspecified atom stereocenters. The zero-order chi connectivity index (χ0) is 53.9. The van der Waals surface area contributed by atoms with Crippen molar-refractivity contribution >= 4 is 5.97 Å². The second-order valence-electron chi connectivity index (χ2n) is 25.6. The third-order valence-corrected chi connectivity index (χ3v) is 20.4. The van der Waals surface area contributed by atoms with Crippen LogP contribution in [-0.2, 0) is 42.7 Å². The minimum absolute atomic E-state index is 0.0852. The molecule has 7 fully saturated rings. The lowest BCUT2D eigenvalue weighted by atomic mass is 9.38. The lowest BCUT2D eigenvalue weighted by molar-refractivity contribution is -0.362. The van der Waals surface area contributed by atoms with Crippen LogP contribution in [0.25, 0.3) is 0 Å². The number of fused-ring (bicyclic) bond motifs is 6. The van der Waals surface area contributed by atoms with Crippen LogP contribution >= 0.6 is 0 Å². The van der Waals surface area contributed by atoms with Gasteiger partial charge in [0.05, 0.1) is 36.9 Å². The standard InChI is InChI=1S/C53H86O21/c1-22-32(55)35(58)40(63)46(68-22)73-43-23(2)69-45(42(65)38(43)61)72-31-13-15-52(8)29(50(31,5)6)12-14-51(7)25-11-16-53(18-17-49(3,4)19-26(53)24(25)9-10-30(51)52)48(66)74-47-41(64)37(60)34(57)28(71-47)21-67-44-39(62)36(59)33(56)27(20-54)70-44/h22-23,26-47,54-65H,9-21H2,1-8H3/t22-,23+,26-,27+,28+,29-,30-,31-,32-,33+,34+,35+,36-,37-,38+,39+,40+,41+,42+,43+,44+,45-,46-,47-,51-,52-,53+/m0/s1. The Bertz CT molecular complexity index is 2040. The zero-order valence-corrected chi connectivity index (χ0v) is 44.1. The molecule has 0 amide bonds. The Balaban J connectivity index is 0.883. The summed E-state index contributed by atoms with van der Waals surface area (Å²) < 4.78 is 47.6. The van der Waals surface area contributed by atoms with Crippen molar-refractivity contribution in [3.05, 3.63) is 11.1 Å². The van der Waals surface area contributed by atoms with E-state index in [2.05, 4.69) is 41.5 Å². The van der Waals surface area contributed by atoms with E-state index in [0.717, 1.165) is 44.9 Å². The van der Waals surface area contributed by atoms with Crippen molar-refractivity contribution in [2.75, 3.05) is 13.2 Å². The van der Waals surface area contributed by atoms with Gasteiger partial charge in [-0.15, -0.1) is 0 Å². The molecule has 0 bridgehead atoms. The zero-order valence-electron chi connectivity index (χ0n) is 44.1. The molecule has 9 aliphatic rings. The van der Waals surface area contributed by atoms with Crippen LogP contribution in [0.4, 0.5) is 0 Å². The van der Waals surface area contributed by atoms with Gasteiger partial charge in [-0.1, -0.05) is 52.7 Å². The molecule has 4 aliphatic heterocycles. The van der Waals surface area contributed by atoms with Gasteiger partial charge in [-0.05, 0) is 124 Å². The lowest BCUT2D eigenvalue weighted by Gasteiger charge is -2.67. The van der Waals surface area contributed by atoms with Crippen molar-refractivity contribution in [2.24, 2.45) is 44.8 Å². The molecule has 0 aromatic heterocycles. The van der Waals surface area contributed by atoms with E-state index in [1.165, 1.54) is 18.1 Å². The molecule has 5 aliphatic carbocycles. The van der Waals surface area contributed by atoms with Gasteiger partial charge in [-0.3, -0.25) is 4.79 Å². The highest BCUT2D eigenvalue weighted by Crippen LogP contribution is 2.72. The number of hydrogen-bond donors (Lipinski definition) is 12. The maximum Gasteiger partial charge on any atom is 0.315 e. The van der Waals surface area contributed by atoms with Crippen LogP contribution in [0.5, 0.6) is 0 Å². The second-order valence-corrected chi connectivity index (χ2v) is 25.6. The van der Waals surface area contributed by atoms with Crippen molar-refractivity contribution in [3.8, 4) is 0 Å². The third kappa shape index (κ3) is 9.57. The van der Waals surface area contributed by atoms with Gasteiger partial charge in [0.2, 0.25) is 6.29 Å². The first kappa shape index (κ1) is 57.1. The number of carbonyl (C=O) groups excluding carboxylic acids is 1. The van der Waals surface area contributed by atoms with Gasteiger partial charge >= 0.3 is 5.97 Å². The maximum absolute atomic E-state index is 14.9. The first-order valence-corrected chi connectivity index (χ1v) is 27.2. The van der Waals surface area contributed by atoms with Gasteiger partial charge in [-0.25, -0.2) is 0 Å². The van der Waals surface area contributed by atoms with E-state index in [0.29, 0.717) is 31.6 Å². The van der Waals surface area contributed by atoms with Gasteiger partial charge in [0.15, 0.2) is 18.9 Å². The molecule has 74 heavy (non-hydrogen) atoms. The highest BCUT2D eigenvalue weighted by molar-refractivity contribution is 5.79. The van der Waals surface area contributed by atoms with E-state index in [1.807, 2.05) is 0 Å². The van der Waals surface area contributed by atoms with E-state index in [-0.39, 0.29) is 39.6 Å². The van der Waals surface area contributed by atoms with Crippen molar-refractivity contribution in [2.45, 2.75) is 255 Å². The molecule has 424 valence electrons. The van der Waals surface area contributed by atoms with E-state index in [1.54, 1.807) is 6.92 Å². The Morgan fingerprint density at radius 3 is 1.85 bits per heavy atom. The predicted octanol–water partition coefficient (Wildman–Crippen LogP) is -0.226. The van der Waals surface area contributed by atoms with Gasteiger partial charge in [0.1, 0.15) is 85.5 Å². The highest BCUT2D eigenvalue weighted by Gasteiger charge is 2.66. The Kier molecular flexibility index (Phi) is 16.1. The number of aliphatic hydroxyl groups is 12. The fraction of sp³-hybridized carbons (Fsp3) is 0.943. The number of aliphatic hydroxyl groups excluding tert-OH is 12. The van der Waals surface area contributed by atoms with Gasteiger partial charge in [0.25, 0.3) is 0 Å². The average Bonchev–Trinajstić information content (AvgIpc) is 3.35. The van der Waals surface area contributed by atoms with Gasteiger partial charge in [0, 0.05) is 0 Å². The summed E-state index contributed by atoms with van der Waals surface area (Å²) >= 11 is 0. The SMILES string of the molecule is C[C@@H]1O[C@@H](O[C@H]2[C@H](O)[C@@H](O)[C@H](O[C@H]3CC[C@]4(C)[C@H]5CCC6=C(CC[C@@]7(C(=O)O[C@@H]8O[C@H](CO[C@@H]9O[C@H](CO)[C@@H](O)[C@H](O)[C@H]9O)[C@@H](O)[C@H](O)[C@H]8O)CCC(C)(C)C[C@@H]67)[C@]5(C)CC[C@H]4C3(C)C)O[C@@H]2C)[C@H](O)[C@H](O)[C@H]1O.